The fraction of sp³-hybridized carbons (Fsp3) is 1.00. The second-order valence-electron chi connectivity index (χ2n) is 2.77. The molecule has 0 atom stereocenters. The van der Waals surface area contributed by atoms with Crippen molar-refractivity contribution in [3.8, 4) is 0 Å². The van der Waals surface area contributed by atoms with Gasteiger partial charge in [-0.3, -0.25) is 0 Å². The zero-order chi connectivity index (χ0) is 6.95. The first-order valence-electron chi connectivity index (χ1n) is 4.41. The van der Waals surface area contributed by atoms with E-state index in [9.17, 15) is 0 Å². The van der Waals surface area contributed by atoms with Gasteiger partial charge in [0.15, 0.2) is 0 Å². The molecule has 0 aliphatic heterocycles. The van der Waals surface area contributed by atoms with Crippen LogP contribution in [0.5, 0.6) is 0 Å². The van der Waals surface area contributed by atoms with E-state index in [0.717, 1.165) is 0 Å². The van der Waals surface area contributed by atoms with Crippen LogP contribution >= 0.6 is 0 Å². The summed E-state index contributed by atoms with van der Waals surface area (Å²) in [4.78, 5) is 0. The van der Waals surface area contributed by atoms with Crippen LogP contribution in [-0.4, -0.2) is 19.0 Å². The van der Waals surface area contributed by atoms with Gasteiger partial charge in [-0.05, 0) is 0 Å². The van der Waals surface area contributed by atoms with E-state index in [0.29, 0.717) is 19.0 Å². The van der Waals surface area contributed by atoms with Crippen molar-refractivity contribution in [2.24, 2.45) is 0 Å². The fourth-order valence-electron chi connectivity index (χ4n) is 1.03. The van der Waals surface area contributed by atoms with Crippen molar-refractivity contribution < 1.29 is 0 Å². The van der Waals surface area contributed by atoms with E-state index >= 15 is 0 Å². The van der Waals surface area contributed by atoms with Crippen molar-refractivity contribution in [3.05, 3.63) is 0 Å². The van der Waals surface area contributed by atoms with Crippen LogP contribution in [0.2, 0.25) is 24.2 Å². The van der Waals surface area contributed by atoms with Gasteiger partial charge in [0.05, 0.1) is 0 Å². The number of rotatable bonds is 6. The molecular formula is C7H20Si2. The van der Waals surface area contributed by atoms with E-state index < -0.39 is 0 Å². The second-order valence-corrected chi connectivity index (χ2v) is 7.60. The van der Waals surface area contributed by atoms with Crippen molar-refractivity contribution in [1.29, 1.82) is 0 Å². The highest BCUT2D eigenvalue weighted by Crippen LogP contribution is 1.97. The predicted octanol–water partition coefficient (Wildman–Crippen LogP) is 1.43. The van der Waals surface area contributed by atoms with Gasteiger partial charge in [0, 0.05) is 19.0 Å². The summed E-state index contributed by atoms with van der Waals surface area (Å²) in [6.45, 7) is 4.67. The van der Waals surface area contributed by atoms with Crippen molar-refractivity contribution in [2.45, 2.75) is 44.4 Å². The zero-order valence-corrected chi connectivity index (χ0v) is 9.78. The molecule has 0 saturated carbocycles. The normalized spacial score (nSPS) is 12.7. The van der Waals surface area contributed by atoms with Gasteiger partial charge in [0.25, 0.3) is 0 Å². The van der Waals surface area contributed by atoms with Gasteiger partial charge in [0.1, 0.15) is 0 Å². The molecule has 0 aromatic carbocycles. The lowest BCUT2D eigenvalue weighted by Crippen LogP contribution is -1.89. The van der Waals surface area contributed by atoms with Gasteiger partial charge in [-0.15, -0.1) is 0 Å². The van der Waals surface area contributed by atoms with E-state index in [2.05, 4.69) is 13.8 Å². The molecule has 56 valence electrons. The quantitative estimate of drug-likeness (QED) is 0.407. The Bertz CT molecular complexity index is 40.2. The average molecular weight is 160 g/mol. The lowest BCUT2D eigenvalue weighted by atomic mass is 10.6. The standard InChI is InChI=1S/C7H20Si2/c1-3-8-6-5-7-9-4-2/h3-9H2,1-2H3. The lowest BCUT2D eigenvalue weighted by molar-refractivity contribution is 1.05. The Morgan fingerprint density at radius 3 is 1.67 bits per heavy atom. The maximum atomic E-state index is 2.34. The molecule has 0 aromatic heterocycles. The fourth-order valence-corrected chi connectivity index (χ4v) is 4.15. The molecule has 0 bridgehead atoms. The van der Waals surface area contributed by atoms with E-state index in [-0.39, 0.29) is 0 Å². The lowest BCUT2D eigenvalue weighted by Gasteiger charge is -1.94. The molecule has 0 aliphatic carbocycles. The third kappa shape index (κ3) is 8.43. The molecule has 0 aliphatic rings. The average Bonchev–Trinajstić information content (AvgIpc) is 1.89. The Balaban J connectivity index is 2.60. The van der Waals surface area contributed by atoms with E-state index in [1.165, 1.54) is 12.1 Å². The molecule has 0 heterocycles. The first-order valence-corrected chi connectivity index (χ1v) is 8.41. The predicted molar refractivity (Wildman–Crippen MR) is 52.3 cm³/mol. The van der Waals surface area contributed by atoms with E-state index in [4.69, 9.17) is 0 Å². The van der Waals surface area contributed by atoms with Crippen LogP contribution in [0.4, 0.5) is 0 Å². The molecule has 0 aromatic rings. The van der Waals surface area contributed by atoms with Gasteiger partial charge in [-0.2, -0.15) is 0 Å². The zero-order valence-electron chi connectivity index (χ0n) is 6.95. The van der Waals surface area contributed by atoms with Gasteiger partial charge < -0.3 is 0 Å². The Hall–Kier alpha value is 0.434. The van der Waals surface area contributed by atoms with Crippen molar-refractivity contribution in [3.63, 3.8) is 0 Å². The summed E-state index contributed by atoms with van der Waals surface area (Å²) >= 11 is 0. The van der Waals surface area contributed by atoms with Crippen LogP contribution in [0.25, 0.3) is 0 Å². The van der Waals surface area contributed by atoms with Crippen molar-refractivity contribution in [2.75, 3.05) is 0 Å². The molecule has 2 heteroatoms. The monoisotopic (exact) mass is 160 g/mol. The van der Waals surface area contributed by atoms with Crippen molar-refractivity contribution in [1.82, 2.24) is 0 Å². The van der Waals surface area contributed by atoms with Crippen molar-refractivity contribution >= 4 is 19.0 Å². The Labute approximate surface area is 64.1 Å². The van der Waals surface area contributed by atoms with Crippen LogP contribution in [0.3, 0.4) is 0 Å². The number of hydrogen-bond donors (Lipinski definition) is 0. The molecule has 0 rings (SSSR count). The third-order valence-electron chi connectivity index (χ3n) is 1.71. The minimum atomic E-state index is 0.416. The summed E-state index contributed by atoms with van der Waals surface area (Å²) in [5, 5.41) is 0. The highest BCUT2D eigenvalue weighted by Gasteiger charge is 1.87. The van der Waals surface area contributed by atoms with Gasteiger partial charge in [0.2, 0.25) is 0 Å². The molecule has 0 spiro atoms. The summed E-state index contributed by atoms with van der Waals surface area (Å²) in [6.07, 6.45) is 1.58. The minimum absolute atomic E-state index is 0.416. The maximum absolute atomic E-state index is 2.34. The first-order chi connectivity index (χ1) is 4.41. The SMILES string of the molecule is CC[SiH2]CCC[SiH2]CC. The molecule has 9 heavy (non-hydrogen) atoms. The first kappa shape index (κ1) is 9.43. The topological polar surface area (TPSA) is 0 Å². The molecule has 0 N–H and O–H groups in total. The van der Waals surface area contributed by atoms with Crippen LogP contribution in [-0.2, 0) is 0 Å². The highest BCUT2D eigenvalue weighted by molar-refractivity contribution is 6.37. The van der Waals surface area contributed by atoms with Crippen LogP contribution < -0.4 is 0 Å². The highest BCUT2D eigenvalue weighted by atomic mass is 28.2. The molecule has 0 unspecified atom stereocenters. The van der Waals surface area contributed by atoms with Gasteiger partial charge >= 0.3 is 0 Å². The second kappa shape index (κ2) is 8.43. The molecule has 0 amide bonds. The van der Waals surface area contributed by atoms with Crippen LogP contribution in [0.15, 0.2) is 0 Å². The largest absolute Gasteiger partial charge is 0.0683 e. The summed E-state index contributed by atoms with van der Waals surface area (Å²) in [6, 6.07) is 6.30. The van der Waals surface area contributed by atoms with Crippen LogP contribution in [0, 0.1) is 0 Å². The minimum Gasteiger partial charge on any atom is -0.0683 e. The molecular weight excluding hydrogens is 140 g/mol. The summed E-state index contributed by atoms with van der Waals surface area (Å²) in [5.74, 6) is 0. The van der Waals surface area contributed by atoms with E-state index in [1.54, 1.807) is 18.5 Å². The summed E-state index contributed by atoms with van der Waals surface area (Å²) in [7, 11) is 0.832. The summed E-state index contributed by atoms with van der Waals surface area (Å²) < 4.78 is 0. The van der Waals surface area contributed by atoms with Gasteiger partial charge in [-0.1, -0.05) is 44.4 Å². The number of hydrogen-bond acceptors (Lipinski definition) is 0. The Kier molecular flexibility index (Phi) is 8.84. The van der Waals surface area contributed by atoms with Gasteiger partial charge in [-0.25, -0.2) is 0 Å². The smallest absolute Gasteiger partial charge is 0.0195 e. The Morgan fingerprint density at radius 1 is 0.889 bits per heavy atom. The molecule has 0 fully saturated rings. The van der Waals surface area contributed by atoms with E-state index in [1.807, 2.05) is 0 Å². The maximum Gasteiger partial charge on any atom is 0.0195 e. The molecule has 0 radical (unpaired) electrons. The molecule has 0 nitrogen and oxygen atoms in total. The van der Waals surface area contributed by atoms with Crippen LogP contribution in [0.1, 0.15) is 20.3 Å². The summed E-state index contributed by atoms with van der Waals surface area (Å²) in [5.41, 5.74) is 0. The molecule has 0 saturated heterocycles. The third-order valence-corrected chi connectivity index (χ3v) is 5.12. The Morgan fingerprint density at radius 2 is 1.33 bits per heavy atom.